The van der Waals surface area contributed by atoms with E-state index in [9.17, 15) is 19.2 Å². The van der Waals surface area contributed by atoms with Gasteiger partial charge in [0.15, 0.2) is 11.9 Å². The molecule has 7 aromatic carbocycles. The molecule has 0 spiro atoms. The number of amides is 6. The Morgan fingerprint density at radius 2 is 0.966 bits per heavy atom. The highest BCUT2D eigenvalue weighted by Crippen LogP contribution is 2.45. The van der Waals surface area contributed by atoms with Gasteiger partial charge < -0.3 is 48.7 Å². The molecule has 8 aliphatic rings. The first-order valence-corrected chi connectivity index (χ1v) is 42.8. The van der Waals surface area contributed by atoms with Gasteiger partial charge in [-0.05, 0) is 202 Å². The second kappa shape index (κ2) is 38.0. The Balaban J connectivity index is 0.000000140. The average molecular weight is 1620 g/mol. The summed E-state index contributed by atoms with van der Waals surface area (Å²) in [6.45, 7) is 9.14. The number of rotatable bonds is 20. The number of carbonyl (C=O) groups excluding carboxylic acids is 4. The van der Waals surface area contributed by atoms with Crippen LogP contribution in [-0.4, -0.2) is 137 Å². The number of hydrogen-bond donors (Lipinski definition) is 8. The van der Waals surface area contributed by atoms with Crippen molar-refractivity contribution in [1.29, 1.82) is 0 Å². The number of hydrogen-bond acceptors (Lipinski definition) is 18. The van der Waals surface area contributed by atoms with Crippen LogP contribution in [0.1, 0.15) is 191 Å². The van der Waals surface area contributed by atoms with Crippen molar-refractivity contribution in [3.05, 3.63) is 185 Å². The largest absolute Gasteiger partial charge is 0.369 e. The number of aromatic nitrogens is 1. The monoisotopic (exact) mass is 1620 g/mol. The maximum Gasteiger partial charge on any atom is 0.319 e. The van der Waals surface area contributed by atoms with Crippen LogP contribution < -0.4 is 44.2 Å². The van der Waals surface area contributed by atoms with Crippen molar-refractivity contribution in [2.24, 2.45) is 66.6 Å². The number of halogens is 1. The molecule has 16 rings (SSSR count). The molecule has 4 aliphatic heterocycles. The predicted octanol–water partition coefficient (Wildman–Crippen LogP) is 17.4. The van der Waals surface area contributed by atoms with E-state index in [0.29, 0.717) is 73.4 Å². The molecular formula is C93H120ClN17O7. The highest BCUT2D eigenvalue weighted by molar-refractivity contribution is 6.30. The Kier molecular flexibility index (Phi) is 27.5. The number of likely N-dealkylation sites (N-methyl/N-ethyl adjacent to an activating group) is 2. The van der Waals surface area contributed by atoms with E-state index in [1.807, 2.05) is 136 Å². The zero-order chi connectivity index (χ0) is 83.3. The lowest BCUT2D eigenvalue weighted by Gasteiger charge is -2.35. The summed E-state index contributed by atoms with van der Waals surface area (Å²) in [5, 5.41) is 24.8. The Bertz CT molecular complexity index is 4970. The van der Waals surface area contributed by atoms with Crippen LogP contribution in [0.5, 0.6) is 0 Å². The summed E-state index contributed by atoms with van der Waals surface area (Å²) in [5.41, 5.74) is 30.7. The molecule has 6 amide bonds. The van der Waals surface area contributed by atoms with Crippen molar-refractivity contribution in [3.8, 4) is 22.3 Å². The second-order valence-electron chi connectivity index (χ2n) is 34.3. The number of aliphatic imine (C=N–C) groups is 4. The molecule has 8 atom stereocenters. The number of fused-ring (bicyclic) bond motifs is 2. The first-order valence-electron chi connectivity index (χ1n) is 42.4. The van der Waals surface area contributed by atoms with Crippen LogP contribution in [0.4, 0.5) is 21.0 Å². The lowest BCUT2D eigenvalue weighted by atomic mass is 9.74. The predicted molar refractivity (Wildman–Crippen MR) is 472 cm³/mol. The van der Waals surface area contributed by atoms with E-state index in [1.54, 1.807) is 38.4 Å². The van der Waals surface area contributed by atoms with Crippen LogP contribution in [-0.2, 0) is 30.3 Å². The number of nitrogens with two attached hydrogens (primary N) is 4. The first kappa shape index (κ1) is 85.3. The van der Waals surface area contributed by atoms with E-state index in [-0.39, 0.29) is 36.0 Å². The van der Waals surface area contributed by atoms with Gasteiger partial charge in [-0.2, -0.15) is 0 Å². The molecule has 5 heterocycles. The summed E-state index contributed by atoms with van der Waals surface area (Å²) in [4.78, 5) is 84.8. The van der Waals surface area contributed by atoms with E-state index in [4.69, 9.17) is 58.7 Å². The Morgan fingerprint density at radius 3 is 1.47 bits per heavy atom. The molecule has 25 heteroatoms. The Labute approximate surface area is 699 Å². The lowest BCUT2D eigenvalue weighted by molar-refractivity contribution is -0.132. The third kappa shape index (κ3) is 20.4. The summed E-state index contributed by atoms with van der Waals surface area (Å²) in [5.74, 6) is 4.43. The highest BCUT2D eigenvalue weighted by atomic mass is 35.5. The van der Waals surface area contributed by atoms with Gasteiger partial charge in [0.25, 0.3) is 11.8 Å². The number of anilines is 2. The first-order chi connectivity index (χ1) is 56.8. The molecule has 4 aliphatic carbocycles. The third-order valence-corrected chi connectivity index (χ3v) is 25.9. The quantitative estimate of drug-likeness (QED) is 0.0352. The number of guanidine groups is 4. The molecule has 0 radical (unpaired) electrons. The molecule has 1 aromatic heterocycles. The molecule has 4 fully saturated rings. The van der Waals surface area contributed by atoms with Crippen molar-refractivity contribution in [2.45, 2.75) is 216 Å². The van der Waals surface area contributed by atoms with Crippen LogP contribution >= 0.6 is 11.6 Å². The molecule has 0 saturated heterocycles. The molecular weight excluding hydrogens is 1500 g/mol. The number of aryl methyl sites for hydroxylation is 2. The van der Waals surface area contributed by atoms with Gasteiger partial charge in [0.1, 0.15) is 27.9 Å². The van der Waals surface area contributed by atoms with Gasteiger partial charge in [0, 0.05) is 47.8 Å². The number of hydroxylamine groups is 4. The van der Waals surface area contributed by atoms with Crippen LogP contribution in [0.15, 0.2) is 182 Å². The fourth-order valence-corrected chi connectivity index (χ4v) is 19.5. The van der Waals surface area contributed by atoms with Gasteiger partial charge in [0.2, 0.25) is 11.9 Å². The molecule has 2 unspecified atom stereocenters. The van der Waals surface area contributed by atoms with E-state index < -0.39 is 22.2 Å². The lowest BCUT2D eigenvalue weighted by Crippen LogP contribution is -2.45. The number of carbonyl (C=O) groups is 4. The third-order valence-electron chi connectivity index (χ3n) is 25.7. The van der Waals surface area contributed by atoms with Crippen molar-refractivity contribution >= 4 is 92.2 Å². The van der Waals surface area contributed by atoms with Gasteiger partial charge in [0.05, 0.1) is 38.7 Å². The number of benzene rings is 7. The fourth-order valence-electron chi connectivity index (χ4n) is 19.3. The van der Waals surface area contributed by atoms with Gasteiger partial charge >= 0.3 is 12.1 Å². The van der Waals surface area contributed by atoms with Crippen LogP contribution in [0.2, 0.25) is 5.02 Å². The Morgan fingerprint density at radius 1 is 0.500 bits per heavy atom. The summed E-state index contributed by atoms with van der Waals surface area (Å²) >= 11 is 6.08. The molecule has 0 bridgehead atoms. The highest BCUT2D eigenvalue weighted by Gasteiger charge is 2.50. The standard InChI is InChI=1S/2C30H41N5O2.C17H18ClN3O.C16H20N4O2/c1-35-27(36)30(34-28(35)31,18-17-21-9-3-2-4-10-21)20-22-11-7-14-24(19-22)32-29(37)33-26-16-8-13-23-12-5-6-15-25(23)26;1-35-27(36)30(34-28(35)31,17-16-21-8-3-2-4-9-21)20-22-10-7-13-25(18-22)32-29(37)33-26-15-14-23-11-5-6-12-24(23)19-26;1-17(11-21(22-2)16(19)20-17)14-7-3-5-12(9-14)13-6-4-8-15(18)10-13;1-10-14(11(2)22-19-10)12-6-5-7-13(8-12)16(3)9-20(21-4)15(17)18-16/h5-6,8,12-13,15-16,21-22,24H,2-4,7,9-11,14,17-20H2,1H3,(H2,31,34)(H2,32,33,37);5-6,11-12,14-15,19,21-22,25H,2-4,7-10,13,16-18,20H2,1H3,(H2,31,34)(H2,32,33,37);3-10H,11H2,1-2H3,(H2,19,20);5-8H,9H2,1-4H3,(H2,17,18)/t22-,24+,30+;22-,25+,30+;;/m00../s1. The normalized spacial score (nSPS) is 24.7. The van der Waals surface area contributed by atoms with Gasteiger partial charge in [-0.25, -0.2) is 39.7 Å². The smallest absolute Gasteiger partial charge is 0.319 e. The summed E-state index contributed by atoms with van der Waals surface area (Å²) in [6.07, 6.45) is 25.8. The van der Waals surface area contributed by atoms with Crippen LogP contribution in [0.25, 0.3) is 43.8 Å². The molecule has 8 aromatic rings. The zero-order valence-electron chi connectivity index (χ0n) is 69.9. The Hall–Kier alpha value is -10.6. The summed E-state index contributed by atoms with van der Waals surface area (Å²) in [6, 6.07) is 52.2. The zero-order valence-corrected chi connectivity index (χ0v) is 70.7. The minimum atomic E-state index is -0.742. The molecule has 12 N–H and O–H groups in total. The molecule has 24 nitrogen and oxygen atoms in total. The van der Waals surface area contributed by atoms with Gasteiger partial charge in [-0.15, -0.1) is 0 Å². The summed E-state index contributed by atoms with van der Waals surface area (Å²) in [7, 11) is 6.67. The van der Waals surface area contributed by atoms with Gasteiger partial charge in [-0.1, -0.05) is 222 Å². The van der Waals surface area contributed by atoms with Crippen molar-refractivity contribution < 1.29 is 33.4 Å². The SMILES string of the molecule is CN1C(=O)[C@@](CCC2CCCCC2)(C[C@H]2CCC[C@@H](NC(=O)Nc3ccc4ccccc4c3)C2)N=C1N.CN1C(=O)[C@@](CCC2CCCCC2)(C[C@H]2CCC[C@@H](NC(=O)Nc3cccc4ccccc34)C2)N=C1N.CON1CC(C)(c2cccc(-c3c(C)noc3C)c2)N=C1N.CON1CC(C)(c2cccc(-c3cccc(Cl)c3)c2)N=C1N. The topological polar surface area (TPSA) is 327 Å². The van der Waals surface area contributed by atoms with Crippen molar-refractivity contribution in [3.63, 3.8) is 0 Å². The molecule has 118 heavy (non-hydrogen) atoms. The summed E-state index contributed by atoms with van der Waals surface area (Å²) < 4.78 is 5.27. The van der Waals surface area contributed by atoms with E-state index >= 15 is 0 Å². The van der Waals surface area contributed by atoms with Crippen molar-refractivity contribution in [1.82, 2.24) is 35.7 Å². The second-order valence-corrected chi connectivity index (χ2v) is 34.7. The van der Waals surface area contributed by atoms with E-state index in [0.717, 1.165) is 160 Å². The van der Waals surface area contributed by atoms with Crippen LogP contribution in [0.3, 0.4) is 0 Å². The van der Waals surface area contributed by atoms with Crippen LogP contribution in [0, 0.1) is 37.5 Å². The maximum absolute atomic E-state index is 13.4. The molecule has 626 valence electrons. The van der Waals surface area contributed by atoms with Gasteiger partial charge in [-0.3, -0.25) is 29.1 Å². The van der Waals surface area contributed by atoms with Crippen molar-refractivity contribution in [2.75, 3.05) is 52.0 Å². The minimum absolute atomic E-state index is 0.0459. The molecule has 4 saturated carbocycles. The number of nitrogens with zero attached hydrogens (tertiary/aromatic N) is 9. The average Bonchev–Trinajstić information content (AvgIpc) is 1.64. The van der Waals surface area contributed by atoms with E-state index in [1.165, 1.54) is 74.0 Å². The maximum atomic E-state index is 13.4. The minimum Gasteiger partial charge on any atom is -0.369 e. The van der Waals surface area contributed by atoms with E-state index in [2.05, 4.69) is 85.8 Å². The fraction of sp³-hybridized carbons (Fsp3) is 0.473. The number of nitrogens with one attached hydrogen (secondary N) is 4. The number of urea groups is 2.